The minimum absolute atomic E-state index is 0.0620. The molecule has 0 aliphatic carbocycles. The Morgan fingerprint density at radius 3 is 2.10 bits per heavy atom. The molecule has 0 atom stereocenters. The number of amides is 1. The van der Waals surface area contributed by atoms with Gasteiger partial charge in [0.1, 0.15) is 11.9 Å². The molecular weight excluding hydrogens is 558 g/mol. The largest absolute Gasteiger partial charge is 0.418 e. The predicted molar refractivity (Wildman–Crippen MR) is 150 cm³/mol. The average molecular weight is 586 g/mol. The van der Waals surface area contributed by atoms with Crippen LogP contribution in [0.3, 0.4) is 0 Å². The fourth-order valence-corrected chi connectivity index (χ4v) is 5.63. The van der Waals surface area contributed by atoms with Crippen LogP contribution in [0.2, 0.25) is 5.02 Å². The number of piperazine rings is 2. The van der Waals surface area contributed by atoms with Crippen LogP contribution in [0.1, 0.15) is 27.0 Å². The van der Waals surface area contributed by atoms with Crippen LogP contribution >= 0.6 is 11.6 Å². The van der Waals surface area contributed by atoms with Crippen LogP contribution in [0.5, 0.6) is 0 Å². The molecule has 0 N–H and O–H groups in total. The first-order valence-electron chi connectivity index (χ1n) is 13.3. The van der Waals surface area contributed by atoms with Gasteiger partial charge in [-0.05, 0) is 42.0 Å². The van der Waals surface area contributed by atoms with Gasteiger partial charge in [-0.1, -0.05) is 35.9 Å². The Morgan fingerprint density at radius 1 is 0.854 bits per heavy atom. The second-order valence-corrected chi connectivity index (χ2v) is 10.5. The zero-order valence-electron chi connectivity index (χ0n) is 22.2. The van der Waals surface area contributed by atoms with Crippen LogP contribution in [0.25, 0.3) is 0 Å². The third-order valence-electron chi connectivity index (χ3n) is 7.61. The van der Waals surface area contributed by atoms with E-state index in [2.05, 4.69) is 6.07 Å². The van der Waals surface area contributed by atoms with Gasteiger partial charge in [0.2, 0.25) is 0 Å². The normalized spacial score (nSPS) is 16.5. The van der Waals surface area contributed by atoms with Crippen molar-refractivity contribution in [2.24, 2.45) is 0 Å². The third-order valence-corrected chi connectivity index (χ3v) is 7.97. The number of halogens is 5. The molecule has 6 nitrogen and oxygen atoms in total. The van der Waals surface area contributed by atoms with Crippen LogP contribution in [-0.2, 0) is 12.7 Å². The van der Waals surface area contributed by atoms with Gasteiger partial charge in [-0.25, -0.2) is 4.39 Å². The Hall–Kier alpha value is -3.81. The summed E-state index contributed by atoms with van der Waals surface area (Å²) in [6.45, 7) is 3.84. The molecule has 2 saturated heterocycles. The lowest BCUT2D eigenvalue weighted by atomic mass is 10.1. The molecular formula is C30H28ClF4N5O. The molecule has 2 heterocycles. The van der Waals surface area contributed by atoms with Crippen LogP contribution in [0.4, 0.5) is 28.9 Å². The van der Waals surface area contributed by atoms with Gasteiger partial charge in [-0.3, -0.25) is 9.69 Å². The Bertz CT molecular complexity index is 1460. The van der Waals surface area contributed by atoms with E-state index in [-0.39, 0.29) is 16.3 Å². The van der Waals surface area contributed by atoms with Gasteiger partial charge < -0.3 is 14.7 Å². The van der Waals surface area contributed by atoms with E-state index < -0.39 is 23.5 Å². The lowest BCUT2D eigenvalue weighted by Gasteiger charge is -2.37. The van der Waals surface area contributed by atoms with Crippen molar-refractivity contribution in [3.63, 3.8) is 0 Å². The molecule has 3 aromatic rings. The lowest BCUT2D eigenvalue weighted by Crippen LogP contribution is -2.49. The molecule has 0 spiro atoms. The van der Waals surface area contributed by atoms with Gasteiger partial charge in [-0.15, -0.1) is 0 Å². The van der Waals surface area contributed by atoms with Crippen LogP contribution in [-0.4, -0.2) is 68.1 Å². The summed E-state index contributed by atoms with van der Waals surface area (Å²) in [6.07, 6.45) is -4.44. The number of hydrogen-bond donors (Lipinski definition) is 0. The summed E-state index contributed by atoms with van der Waals surface area (Å²) in [7, 11) is 0. The van der Waals surface area contributed by atoms with E-state index >= 15 is 0 Å². The molecule has 5 rings (SSSR count). The topological polar surface area (TPSA) is 53.8 Å². The second-order valence-electron chi connectivity index (χ2n) is 10.1. The molecule has 0 radical (unpaired) electrons. The van der Waals surface area contributed by atoms with E-state index in [9.17, 15) is 27.6 Å². The SMILES string of the molecule is N#Cc1ccccc1N1CCN(C(=O)c2cc(CN3CCN(c4ccccc4C(F)(F)F)CC3)c(Cl)cc2F)CC1. The summed E-state index contributed by atoms with van der Waals surface area (Å²) in [5.74, 6) is -1.13. The summed E-state index contributed by atoms with van der Waals surface area (Å²) in [5, 5.41) is 9.60. The smallest absolute Gasteiger partial charge is 0.368 e. The minimum atomic E-state index is -4.44. The highest BCUT2D eigenvalue weighted by molar-refractivity contribution is 6.31. The molecule has 11 heteroatoms. The number of nitriles is 1. The highest BCUT2D eigenvalue weighted by Crippen LogP contribution is 2.37. The lowest BCUT2D eigenvalue weighted by molar-refractivity contribution is -0.137. The number of carbonyl (C=O) groups is 1. The number of anilines is 2. The molecule has 2 aliphatic rings. The van der Waals surface area contributed by atoms with Crippen molar-refractivity contribution in [2.75, 3.05) is 62.2 Å². The van der Waals surface area contributed by atoms with Gasteiger partial charge in [0, 0.05) is 69.6 Å². The number of para-hydroxylation sites is 2. The Balaban J connectivity index is 1.23. The molecule has 2 aliphatic heterocycles. The second kappa shape index (κ2) is 12.0. The molecule has 0 unspecified atom stereocenters. The highest BCUT2D eigenvalue weighted by Gasteiger charge is 2.35. The molecule has 2 fully saturated rings. The molecule has 0 saturated carbocycles. The zero-order valence-corrected chi connectivity index (χ0v) is 22.9. The summed E-state index contributed by atoms with van der Waals surface area (Å²) in [4.78, 5) is 20.7. The van der Waals surface area contributed by atoms with E-state index in [4.69, 9.17) is 11.6 Å². The van der Waals surface area contributed by atoms with Crippen LogP contribution in [0.15, 0.2) is 60.7 Å². The summed E-state index contributed by atoms with van der Waals surface area (Å²) in [5.41, 5.74) is 1.39. The van der Waals surface area contributed by atoms with Crippen molar-refractivity contribution < 1.29 is 22.4 Å². The van der Waals surface area contributed by atoms with E-state index in [1.807, 2.05) is 21.9 Å². The van der Waals surface area contributed by atoms with Crippen molar-refractivity contribution in [3.05, 3.63) is 93.8 Å². The van der Waals surface area contributed by atoms with Crippen LogP contribution in [0, 0.1) is 17.1 Å². The maximum absolute atomic E-state index is 14.9. The van der Waals surface area contributed by atoms with Crippen molar-refractivity contribution in [3.8, 4) is 6.07 Å². The maximum Gasteiger partial charge on any atom is 0.418 e. The van der Waals surface area contributed by atoms with E-state index in [0.29, 0.717) is 70.0 Å². The Kier molecular flexibility index (Phi) is 8.38. The molecule has 41 heavy (non-hydrogen) atoms. The van der Waals surface area contributed by atoms with Gasteiger partial charge in [0.15, 0.2) is 0 Å². The summed E-state index contributed by atoms with van der Waals surface area (Å²) >= 11 is 6.36. The first-order chi connectivity index (χ1) is 19.7. The van der Waals surface area contributed by atoms with Crippen molar-refractivity contribution in [2.45, 2.75) is 12.7 Å². The van der Waals surface area contributed by atoms with Gasteiger partial charge >= 0.3 is 6.18 Å². The van der Waals surface area contributed by atoms with Gasteiger partial charge in [-0.2, -0.15) is 18.4 Å². The zero-order chi connectivity index (χ0) is 29.1. The number of hydrogen-bond acceptors (Lipinski definition) is 5. The van der Waals surface area contributed by atoms with E-state index in [1.165, 1.54) is 18.2 Å². The van der Waals surface area contributed by atoms with Gasteiger partial charge in [0.25, 0.3) is 5.91 Å². The maximum atomic E-state index is 14.9. The van der Waals surface area contributed by atoms with Crippen molar-refractivity contribution in [1.29, 1.82) is 5.26 Å². The minimum Gasteiger partial charge on any atom is -0.368 e. The van der Waals surface area contributed by atoms with Crippen molar-refractivity contribution in [1.82, 2.24) is 9.80 Å². The number of carbonyl (C=O) groups excluding carboxylic acids is 1. The third kappa shape index (κ3) is 6.26. The number of rotatable bonds is 5. The van der Waals surface area contributed by atoms with E-state index in [0.717, 1.165) is 17.8 Å². The first kappa shape index (κ1) is 28.7. The number of alkyl halides is 3. The number of benzene rings is 3. The first-order valence-corrected chi connectivity index (χ1v) is 13.7. The highest BCUT2D eigenvalue weighted by atomic mass is 35.5. The summed E-state index contributed by atoms with van der Waals surface area (Å²) in [6, 6.07) is 17.7. The Labute approximate surface area is 240 Å². The molecule has 0 bridgehead atoms. The van der Waals surface area contributed by atoms with E-state index in [1.54, 1.807) is 28.0 Å². The Morgan fingerprint density at radius 2 is 1.44 bits per heavy atom. The predicted octanol–water partition coefficient (Wildman–Crippen LogP) is 5.65. The fraction of sp³-hybridized carbons (Fsp3) is 0.333. The van der Waals surface area contributed by atoms with Gasteiger partial charge in [0.05, 0.1) is 22.4 Å². The van der Waals surface area contributed by atoms with Crippen LogP contribution < -0.4 is 9.80 Å². The molecule has 1 amide bonds. The molecule has 3 aromatic carbocycles. The number of nitrogens with zero attached hydrogens (tertiary/aromatic N) is 5. The molecule has 0 aromatic heterocycles. The standard InChI is InChI=1S/C30H28ClF4N5O/c31-25-18-26(32)23(29(41)40-15-13-38(14-16-40)27-7-3-1-5-21(27)19-36)17-22(25)20-37-9-11-39(12-10-37)28-8-4-2-6-24(28)30(33,34)35/h1-8,17-18H,9-16,20H2. The quantitative estimate of drug-likeness (QED) is 0.362. The average Bonchev–Trinajstić information content (AvgIpc) is 2.98. The van der Waals surface area contributed by atoms with Crippen molar-refractivity contribution >= 4 is 28.9 Å². The molecule has 214 valence electrons. The monoisotopic (exact) mass is 585 g/mol. The fourth-order valence-electron chi connectivity index (χ4n) is 5.42. The summed E-state index contributed by atoms with van der Waals surface area (Å²) < 4.78 is 55.4.